The number of hydrogen-bond donors (Lipinski definition) is 3. The van der Waals surface area contributed by atoms with E-state index in [0.717, 1.165) is 12.8 Å². The molecule has 0 aromatic heterocycles. The molecule has 2 amide bonds. The first kappa shape index (κ1) is 11.4. The normalized spacial score (nSPS) is 33.8. The van der Waals surface area contributed by atoms with Crippen LogP contribution in [0.1, 0.15) is 32.1 Å². The highest BCUT2D eigenvalue weighted by atomic mass is 16.2. The quantitative estimate of drug-likeness (QED) is 0.594. The van der Waals surface area contributed by atoms with Crippen molar-refractivity contribution in [1.29, 1.82) is 0 Å². The molecule has 0 bridgehead atoms. The zero-order valence-corrected chi connectivity index (χ0v) is 9.58. The number of carbonyl (C=O) groups is 2. The van der Waals surface area contributed by atoms with Gasteiger partial charge < -0.3 is 16.0 Å². The zero-order chi connectivity index (χ0) is 11.5. The van der Waals surface area contributed by atoms with Crippen LogP contribution in [0.15, 0.2) is 0 Å². The van der Waals surface area contributed by atoms with Gasteiger partial charge in [0.15, 0.2) is 0 Å². The lowest BCUT2D eigenvalue weighted by atomic mass is 9.87. The van der Waals surface area contributed by atoms with Crippen LogP contribution in [0.4, 0.5) is 0 Å². The summed E-state index contributed by atoms with van der Waals surface area (Å²) in [7, 11) is 1.59. The molecule has 1 aliphatic heterocycles. The fourth-order valence-electron chi connectivity index (χ4n) is 2.56. The SMILES string of the molecule is CNC(=O)C[C@@H]1N[C@@H]2CCCC[C@H]2NC1=O. The minimum atomic E-state index is -0.362. The van der Waals surface area contributed by atoms with Gasteiger partial charge in [0, 0.05) is 19.1 Å². The van der Waals surface area contributed by atoms with E-state index in [0.29, 0.717) is 6.04 Å². The summed E-state index contributed by atoms with van der Waals surface area (Å²) >= 11 is 0. The molecule has 1 saturated heterocycles. The first-order valence-electron chi connectivity index (χ1n) is 5.97. The number of hydrogen-bond acceptors (Lipinski definition) is 3. The van der Waals surface area contributed by atoms with Crippen LogP contribution in [0.2, 0.25) is 0 Å². The summed E-state index contributed by atoms with van der Waals surface area (Å²) in [5, 5.41) is 8.86. The van der Waals surface area contributed by atoms with Crippen molar-refractivity contribution in [3.05, 3.63) is 0 Å². The lowest BCUT2D eigenvalue weighted by Gasteiger charge is -2.40. The summed E-state index contributed by atoms with van der Waals surface area (Å²) in [4.78, 5) is 23.0. The number of amides is 2. The number of fused-ring (bicyclic) bond motifs is 1. The van der Waals surface area contributed by atoms with E-state index in [4.69, 9.17) is 0 Å². The standard InChI is InChI=1S/C11H19N3O2/c1-12-10(15)6-9-11(16)14-8-5-3-2-4-7(8)13-9/h7-9,13H,2-6H2,1H3,(H,12,15)(H,14,16)/t7-,8-,9+/m1/s1. The molecule has 3 N–H and O–H groups in total. The third-order valence-corrected chi connectivity index (χ3v) is 3.49. The monoisotopic (exact) mass is 225 g/mol. The van der Waals surface area contributed by atoms with E-state index in [1.165, 1.54) is 12.8 Å². The van der Waals surface area contributed by atoms with E-state index >= 15 is 0 Å². The third kappa shape index (κ3) is 2.35. The van der Waals surface area contributed by atoms with Crippen molar-refractivity contribution in [2.45, 2.75) is 50.2 Å². The average Bonchev–Trinajstić information content (AvgIpc) is 2.30. The molecule has 5 nitrogen and oxygen atoms in total. The fourth-order valence-corrected chi connectivity index (χ4v) is 2.56. The molecule has 1 saturated carbocycles. The molecular formula is C11H19N3O2. The minimum absolute atomic E-state index is 0.0354. The summed E-state index contributed by atoms with van der Waals surface area (Å²) in [6.45, 7) is 0. The molecule has 16 heavy (non-hydrogen) atoms. The van der Waals surface area contributed by atoms with E-state index in [1.807, 2.05) is 0 Å². The third-order valence-electron chi connectivity index (χ3n) is 3.49. The second-order valence-corrected chi connectivity index (χ2v) is 4.60. The highest BCUT2D eigenvalue weighted by molar-refractivity contribution is 5.89. The molecule has 0 aromatic carbocycles. The van der Waals surface area contributed by atoms with Crippen molar-refractivity contribution in [2.75, 3.05) is 7.05 Å². The maximum atomic E-state index is 11.7. The Morgan fingerprint density at radius 1 is 1.38 bits per heavy atom. The lowest BCUT2D eigenvalue weighted by molar-refractivity contribution is -0.131. The Morgan fingerprint density at radius 3 is 2.75 bits per heavy atom. The minimum Gasteiger partial charge on any atom is -0.359 e. The van der Waals surface area contributed by atoms with Crippen LogP contribution in [0.25, 0.3) is 0 Å². The Hall–Kier alpha value is -1.10. The Bertz CT molecular complexity index is 293. The van der Waals surface area contributed by atoms with Crippen molar-refractivity contribution in [3.63, 3.8) is 0 Å². The molecule has 2 rings (SSSR count). The molecule has 0 radical (unpaired) electrons. The Balaban J connectivity index is 1.95. The Kier molecular flexibility index (Phi) is 3.43. The summed E-state index contributed by atoms with van der Waals surface area (Å²) in [5.41, 5.74) is 0. The van der Waals surface area contributed by atoms with Crippen LogP contribution < -0.4 is 16.0 Å². The molecule has 2 fully saturated rings. The van der Waals surface area contributed by atoms with Crippen molar-refractivity contribution >= 4 is 11.8 Å². The highest BCUT2D eigenvalue weighted by Crippen LogP contribution is 2.22. The Morgan fingerprint density at radius 2 is 2.06 bits per heavy atom. The number of nitrogens with one attached hydrogen (secondary N) is 3. The Labute approximate surface area is 95.3 Å². The van der Waals surface area contributed by atoms with Gasteiger partial charge in [-0.25, -0.2) is 0 Å². The van der Waals surface area contributed by atoms with Crippen LogP contribution in [-0.2, 0) is 9.59 Å². The van der Waals surface area contributed by atoms with Gasteiger partial charge in [-0.2, -0.15) is 0 Å². The van der Waals surface area contributed by atoms with Crippen LogP contribution >= 0.6 is 0 Å². The maximum Gasteiger partial charge on any atom is 0.237 e. The first-order chi connectivity index (χ1) is 7.70. The molecule has 5 heteroatoms. The van der Waals surface area contributed by atoms with E-state index < -0.39 is 0 Å². The molecular weight excluding hydrogens is 206 g/mol. The van der Waals surface area contributed by atoms with E-state index in [2.05, 4.69) is 16.0 Å². The zero-order valence-electron chi connectivity index (χ0n) is 9.58. The predicted octanol–water partition coefficient (Wildman–Crippen LogP) is -0.478. The fraction of sp³-hybridized carbons (Fsp3) is 0.818. The van der Waals surface area contributed by atoms with Gasteiger partial charge in [0.05, 0.1) is 12.5 Å². The average molecular weight is 225 g/mol. The molecule has 0 aromatic rings. The van der Waals surface area contributed by atoms with E-state index in [9.17, 15) is 9.59 Å². The molecule has 0 unspecified atom stereocenters. The molecule has 90 valence electrons. The smallest absolute Gasteiger partial charge is 0.237 e. The van der Waals surface area contributed by atoms with Crippen molar-refractivity contribution in [3.8, 4) is 0 Å². The van der Waals surface area contributed by atoms with Crippen molar-refractivity contribution < 1.29 is 9.59 Å². The van der Waals surface area contributed by atoms with Gasteiger partial charge in [-0.15, -0.1) is 0 Å². The van der Waals surface area contributed by atoms with Gasteiger partial charge >= 0.3 is 0 Å². The van der Waals surface area contributed by atoms with E-state index in [1.54, 1.807) is 7.05 Å². The highest BCUT2D eigenvalue weighted by Gasteiger charge is 2.36. The van der Waals surface area contributed by atoms with Crippen LogP contribution in [0.5, 0.6) is 0 Å². The lowest BCUT2D eigenvalue weighted by Crippen LogP contribution is -2.65. The van der Waals surface area contributed by atoms with Gasteiger partial charge in [-0.3, -0.25) is 9.59 Å². The predicted molar refractivity (Wildman–Crippen MR) is 59.8 cm³/mol. The summed E-state index contributed by atoms with van der Waals surface area (Å²) in [6, 6.07) is 0.252. The molecule has 2 aliphatic rings. The molecule has 3 atom stereocenters. The second kappa shape index (κ2) is 4.82. The number of rotatable bonds is 2. The van der Waals surface area contributed by atoms with Gasteiger partial charge in [0.1, 0.15) is 0 Å². The largest absolute Gasteiger partial charge is 0.359 e. The van der Waals surface area contributed by atoms with Gasteiger partial charge in [0.2, 0.25) is 11.8 Å². The van der Waals surface area contributed by atoms with Gasteiger partial charge in [-0.1, -0.05) is 12.8 Å². The van der Waals surface area contributed by atoms with Crippen LogP contribution in [-0.4, -0.2) is 37.0 Å². The number of piperazine rings is 1. The molecule has 1 heterocycles. The van der Waals surface area contributed by atoms with Crippen molar-refractivity contribution in [1.82, 2.24) is 16.0 Å². The van der Waals surface area contributed by atoms with Crippen molar-refractivity contribution in [2.24, 2.45) is 0 Å². The summed E-state index contributed by atoms with van der Waals surface area (Å²) in [6.07, 6.45) is 4.76. The van der Waals surface area contributed by atoms with Crippen LogP contribution in [0, 0.1) is 0 Å². The maximum absolute atomic E-state index is 11.7. The first-order valence-corrected chi connectivity index (χ1v) is 5.97. The van der Waals surface area contributed by atoms with Crippen LogP contribution in [0.3, 0.4) is 0 Å². The van der Waals surface area contributed by atoms with E-state index in [-0.39, 0.29) is 30.3 Å². The summed E-state index contributed by atoms with van der Waals surface area (Å²) in [5.74, 6) is -0.131. The molecule has 1 aliphatic carbocycles. The second-order valence-electron chi connectivity index (χ2n) is 4.60. The van der Waals surface area contributed by atoms with Gasteiger partial charge in [0.25, 0.3) is 0 Å². The topological polar surface area (TPSA) is 70.2 Å². The number of carbonyl (C=O) groups excluding carboxylic acids is 2. The molecule has 0 spiro atoms. The van der Waals surface area contributed by atoms with Gasteiger partial charge in [-0.05, 0) is 12.8 Å². The summed E-state index contributed by atoms with van der Waals surface area (Å²) < 4.78 is 0.